The van der Waals surface area contributed by atoms with Crippen molar-refractivity contribution >= 4 is 17.5 Å². The second kappa shape index (κ2) is 11.0. The van der Waals surface area contributed by atoms with Gasteiger partial charge in [-0.15, -0.1) is 0 Å². The molecule has 2 aromatic carbocycles. The van der Waals surface area contributed by atoms with E-state index in [0.29, 0.717) is 6.07 Å². The standard InChI is InChI=1S/C27H36F3N3O5/c1-25(2,3)38-24(34)32(18-10-12-26(4,5)13-11-18)16-17-6-8-19(9-7-17)37-23-15-21(31)22(33(35)36)14-20(23)27(28,29)30/h6-9,14-15,18,33,35H,10-13,16,31H2,1-5H3. The number of nitrogen functional groups attached to an aromatic ring is 1. The summed E-state index contributed by atoms with van der Waals surface area (Å²) in [6.45, 7) is 10.1. The molecule has 8 nitrogen and oxygen atoms in total. The molecule has 3 rings (SSSR count). The van der Waals surface area contributed by atoms with Gasteiger partial charge < -0.3 is 25.3 Å². The quantitative estimate of drug-likeness (QED) is 0.298. The molecule has 1 aliphatic carbocycles. The number of halogens is 3. The number of carbonyl (C=O) groups is 1. The number of amides is 1. The fraction of sp³-hybridized carbons (Fsp3) is 0.519. The van der Waals surface area contributed by atoms with E-state index >= 15 is 0 Å². The molecule has 0 radical (unpaired) electrons. The Labute approximate surface area is 220 Å². The van der Waals surface area contributed by atoms with Crippen LogP contribution in [0.5, 0.6) is 11.5 Å². The van der Waals surface area contributed by atoms with Gasteiger partial charge >= 0.3 is 12.3 Å². The van der Waals surface area contributed by atoms with E-state index in [1.807, 2.05) is 20.8 Å². The van der Waals surface area contributed by atoms with E-state index in [4.69, 9.17) is 20.4 Å². The van der Waals surface area contributed by atoms with E-state index in [1.54, 1.807) is 17.0 Å². The molecular formula is C27H36F3N3O5. The zero-order chi connectivity index (χ0) is 28.5. The molecule has 210 valence electrons. The topological polar surface area (TPSA) is 113 Å². The summed E-state index contributed by atoms with van der Waals surface area (Å²) in [5.41, 5.74) is 3.71. The molecule has 0 heterocycles. The smallest absolute Gasteiger partial charge is 0.420 e. The Balaban J connectivity index is 1.82. The normalized spacial score (nSPS) is 17.1. The first-order chi connectivity index (χ1) is 17.4. The molecule has 1 unspecified atom stereocenters. The van der Waals surface area contributed by atoms with E-state index < -0.39 is 40.1 Å². The van der Waals surface area contributed by atoms with Crippen LogP contribution in [-0.4, -0.2) is 27.8 Å². The lowest BCUT2D eigenvalue weighted by Crippen LogP contribution is -2.99. The number of nitrogens with one attached hydrogen (secondary N) is 1. The second-order valence-electron chi connectivity index (χ2n) is 11.5. The monoisotopic (exact) mass is 539 g/mol. The van der Waals surface area contributed by atoms with Crippen LogP contribution in [0.3, 0.4) is 0 Å². The summed E-state index contributed by atoms with van der Waals surface area (Å²) in [5.74, 6) is -0.502. The van der Waals surface area contributed by atoms with Crippen LogP contribution in [0.15, 0.2) is 36.4 Å². The Hall–Kier alpha value is -3.02. The Morgan fingerprint density at radius 1 is 1.16 bits per heavy atom. The first-order valence-corrected chi connectivity index (χ1v) is 12.5. The van der Waals surface area contributed by atoms with Crippen molar-refractivity contribution in [3.05, 3.63) is 52.7 Å². The van der Waals surface area contributed by atoms with Crippen molar-refractivity contribution in [1.29, 1.82) is 0 Å². The first-order valence-electron chi connectivity index (χ1n) is 12.5. The molecule has 1 saturated carbocycles. The van der Waals surface area contributed by atoms with Crippen LogP contribution in [0.4, 0.5) is 29.3 Å². The molecule has 0 aromatic heterocycles. The van der Waals surface area contributed by atoms with Gasteiger partial charge in [-0.3, -0.25) is 0 Å². The summed E-state index contributed by atoms with van der Waals surface area (Å²) in [4.78, 5) is 14.8. The lowest BCUT2D eigenvalue weighted by atomic mass is 9.75. The van der Waals surface area contributed by atoms with Gasteiger partial charge in [-0.2, -0.15) is 18.4 Å². The minimum absolute atomic E-state index is 0.0128. The molecule has 1 fully saturated rings. The molecule has 38 heavy (non-hydrogen) atoms. The van der Waals surface area contributed by atoms with E-state index in [-0.39, 0.29) is 29.4 Å². The van der Waals surface area contributed by atoms with Gasteiger partial charge in [-0.25, -0.2) is 10.0 Å². The molecular weight excluding hydrogens is 503 g/mol. The van der Waals surface area contributed by atoms with Gasteiger partial charge in [0, 0.05) is 24.7 Å². The largest absolute Gasteiger partial charge is 0.595 e. The van der Waals surface area contributed by atoms with Gasteiger partial charge in [-0.05, 0) is 69.6 Å². The van der Waals surface area contributed by atoms with Crippen molar-refractivity contribution in [2.24, 2.45) is 5.41 Å². The van der Waals surface area contributed by atoms with Gasteiger partial charge in [0.1, 0.15) is 28.4 Å². The number of nitrogens with two attached hydrogens (primary N) is 1. The average Bonchev–Trinajstić information content (AvgIpc) is 2.76. The van der Waals surface area contributed by atoms with Crippen LogP contribution in [0.25, 0.3) is 0 Å². The maximum Gasteiger partial charge on any atom is 0.420 e. The minimum atomic E-state index is -4.85. The van der Waals surface area contributed by atoms with Crippen LogP contribution in [0, 0.1) is 10.6 Å². The third kappa shape index (κ3) is 7.75. The summed E-state index contributed by atoms with van der Waals surface area (Å²) in [6.07, 6.45) is -1.60. The highest BCUT2D eigenvalue weighted by Gasteiger charge is 2.37. The zero-order valence-electron chi connectivity index (χ0n) is 22.3. The summed E-state index contributed by atoms with van der Waals surface area (Å²) in [5, 5.41) is 18.8. The van der Waals surface area contributed by atoms with Crippen LogP contribution >= 0.6 is 0 Å². The van der Waals surface area contributed by atoms with E-state index in [9.17, 15) is 23.2 Å². The maximum atomic E-state index is 13.6. The van der Waals surface area contributed by atoms with Gasteiger partial charge in [0.25, 0.3) is 0 Å². The number of alkyl halides is 3. The maximum absolute atomic E-state index is 13.6. The van der Waals surface area contributed by atoms with Crippen LogP contribution in [-0.2, 0) is 17.5 Å². The van der Waals surface area contributed by atoms with Crippen molar-refractivity contribution in [3.63, 3.8) is 0 Å². The average molecular weight is 540 g/mol. The van der Waals surface area contributed by atoms with Crippen LogP contribution in [0.1, 0.15) is 71.4 Å². The summed E-state index contributed by atoms with van der Waals surface area (Å²) in [6, 6.07) is 7.66. The van der Waals surface area contributed by atoms with Crippen molar-refractivity contribution in [3.8, 4) is 11.5 Å². The van der Waals surface area contributed by atoms with Gasteiger partial charge in [0.05, 0.1) is 0 Å². The van der Waals surface area contributed by atoms with Crippen molar-refractivity contribution in [2.45, 2.75) is 84.7 Å². The van der Waals surface area contributed by atoms with Crippen molar-refractivity contribution < 1.29 is 37.9 Å². The molecule has 2 aromatic rings. The lowest BCUT2D eigenvalue weighted by molar-refractivity contribution is -0.990. The molecule has 0 bridgehead atoms. The molecule has 11 heteroatoms. The SMILES string of the molecule is CC1(C)CCC(N(Cc2ccc(Oc3cc(N)c([NH+]([O-])O)cc3C(F)(F)F)cc2)C(=O)OC(C)(C)C)CC1. The van der Waals surface area contributed by atoms with Gasteiger partial charge in [-0.1, -0.05) is 26.0 Å². The number of nitrogens with zero attached hydrogens (tertiary/aromatic N) is 1. The van der Waals surface area contributed by atoms with E-state index in [1.165, 1.54) is 12.1 Å². The highest BCUT2D eigenvalue weighted by Crippen LogP contribution is 2.41. The number of carbonyl (C=O) groups excluding carboxylic acids is 1. The van der Waals surface area contributed by atoms with Crippen molar-refractivity contribution in [1.82, 2.24) is 4.90 Å². The molecule has 1 aliphatic rings. The third-order valence-electron chi connectivity index (χ3n) is 6.57. The molecule has 4 N–H and O–H groups in total. The number of hydrogen-bond acceptors (Lipinski definition) is 6. The first kappa shape index (κ1) is 29.5. The van der Waals surface area contributed by atoms with Crippen LogP contribution < -0.4 is 15.7 Å². The molecule has 1 atom stereocenters. The van der Waals surface area contributed by atoms with Gasteiger partial charge in [0.2, 0.25) is 0 Å². The Morgan fingerprint density at radius 3 is 2.24 bits per heavy atom. The molecule has 0 saturated heterocycles. The fourth-order valence-corrected chi connectivity index (χ4v) is 4.43. The highest BCUT2D eigenvalue weighted by atomic mass is 19.4. The molecule has 0 spiro atoms. The number of quaternary nitrogens is 1. The summed E-state index contributed by atoms with van der Waals surface area (Å²) < 4.78 is 51.9. The summed E-state index contributed by atoms with van der Waals surface area (Å²) >= 11 is 0. The fourth-order valence-electron chi connectivity index (χ4n) is 4.43. The predicted octanol–water partition coefficient (Wildman–Crippen LogP) is 6.19. The second-order valence-corrected chi connectivity index (χ2v) is 11.5. The number of hydrogen-bond donors (Lipinski definition) is 3. The molecule has 1 amide bonds. The number of benzene rings is 2. The Kier molecular flexibility index (Phi) is 8.55. The van der Waals surface area contributed by atoms with Crippen LogP contribution in [0.2, 0.25) is 0 Å². The Morgan fingerprint density at radius 2 is 1.74 bits per heavy atom. The lowest BCUT2D eigenvalue weighted by Gasteiger charge is -2.40. The number of ether oxygens (including phenoxy) is 2. The van der Waals surface area contributed by atoms with Crippen molar-refractivity contribution in [2.75, 3.05) is 5.73 Å². The van der Waals surface area contributed by atoms with E-state index in [2.05, 4.69) is 13.8 Å². The zero-order valence-corrected chi connectivity index (χ0v) is 22.3. The van der Waals surface area contributed by atoms with Gasteiger partial charge in [0.15, 0.2) is 5.69 Å². The predicted molar refractivity (Wildman–Crippen MR) is 136 cm³/mol. The summed E-state index contributed by atoms with van der Waals surface area (Å²) in [7, 11) is 0. The Bertz CT molecular complexity index is 1120. The number of rotatable bonds is 6. The number of anilines is 1. The van der Waals surface area contributed by atoms with E-state index in [0.717, 1.165) is 37.3 Å². The third-order valence-corrected chi connectivity index (χ3v) is 6.57. The molecule has 0 aliphatic heterocycles. The minimum Gasteiger partial charge on any atom is -0.595 e. The highest BCUT2D eigenvalue weighted by molar-refractivity contribution is 5.68.